The highest BCUT2D eigenvalue weighted by molar-refractivity contribution is 6.33. The Morgan fingerprint density at radius 3 is 2.75 bits per heavy atom. The number of benzene rings is 1. The number of rotatable bonds is 7. The molecule has 0 aliphatic heterocycles. The fourth-order valence-corrected chi connectivity index (χ4v) is 1.67. The summed E-state index contributed by atoms with van der Waals surface area (Å²) in [5.41, 5.74) is 0.769. The van der Waals surface area contributed by atoms with Crippen LogP contribution in [0.4, 0.5) is 11.4 Å². The van der Waals surface area contributed by atoms with Crippen molar-refractivity contribution < 1.29 is 19.2 Å². The normalized spacial score (nSPS) is 10.3. The molecule has 1 aromatic rings. The fraction of sp³-hybridized carbons (Fsp3) is 0.417. The summed E-state index contributed by atoms with van der Waals surface area (Å²) >= 11 is 5.78. The molecule has 0 bridgehead atoms. The van der Waals surface area contributed by atoms with Crippen molar-refractivity contribution in [2.45, 2.75) is 6.92 Å². The molecule has 7 nitrogen and oxygen atoms in total. The predicted molar refractivity (Wildman–Crippen MR) is 74.2 cm³/mol. The second kappa shape index (κ2) is 7.78. The molecule has 1 rings (SSSR count). The van der Waals surface area contributed by atoms with Crippen molar-refractivity contribution in [3.8, 4) is 0 Å². The van der Waals surface area contributed by atoms with Crippen molar-refractivity contribution in [2.75, 3.05) is 32.2 Å². The molecule has 0 spiro atoms. The molecule has 110 valence electrons. The van der Waals surface area contributed by atoms with E-state index < -0.39 is 4.92 Å². The van der Waals surface area contributed by atoms with Crippen LogP contribution in [0.15, 0.2) is 12.1 Å². The highest BCUT2D eigenvalue weighted by atomic mass is 35.5. The first-order chi connectivity index (χ1) is 9.45. The summed E-state index contributed by atoms with van der Waals surface area (Å²) in [6.45, 7) is 2.22. The van der Waals surface area contributed by atoms with Gasteiger partial charge in [0.1, 0.15) is 11.6 Å². The summed E-state index contributed by atoms with van der Waals surface area (Å²) in [4.78, 5) is 21.7. The van der Waals surface area contributed by atoms with E-state index in [0.29, 0.717) is 24.5 Å². The third kappa shape index (κ3) is 4.76. The predicted octanol–water partition coefficient (Wildman–Crippen LogP) is 2.16. The van der Waals surface area contributed by atoms with E-state index in [4.69, 9.17) is 21.1 Å². The smallest absolute Gasteiger partial charge is 0.288 e. The molecule has 0 saturated carbocycles. The molecule has 0 aliphatic rings. The van der Waals surface area contributed by atoms with Gasteiger partial charge in [-0.15, -0.1) is 0 Å². The third-order valence-corrected chi connectivity index (χ3v) is 2.73. The van der Waals surface area contributed by atoms with Gasteiger partial charge in [0.15, 0.2) is 0 Å². The maximum absolute atomic E-state index is 11.6. The van der Waals surface area contributed by atoms with Crippen LogP contribution in [-0.4, -0.2) is 37.8 Å². The van der Waals surface area contributed by atoms with E-state index in [1.54, 1.807) is 6.92 Å². The molecular formula is C12H15ClN2O5. The van der Waals surface area contributed by atoms with Crippen LogP contribution in [0, 0.1) is 17.0 Å². The lowest BCUT2D eigenvalue weighted by atomic mass is 10.2. The highest BCUT2D eigenvalue weighted by Crippen LogP contribution is 2.30. The molecular weight excluding hydrogens is 288 g/mol. The molecule has 1 N–H and O–H groups in total. The number of carbonyl (C=O) groups is 1. The van der Waals surface area contributed by atoms with E-state index >= 15 is 0 Å². The van der Waals surface area contributed by atoms with Crippen LogP contribution in [0.3, 0.4) is 0 Å². The van der Waals surface area contributed by atoms with Crippen molar-refractivity contribution in [1.29, 1.82) is 0 Å². The van der Waals surface area contributed by atoms with Crippen molar-refractivity contribution in [2.24, 2.45) is 0 Å². The van der Waals surface area contributed by atoms with Gasteiger partial charge in [-0.2, -0.15) is 0 Å². The van der Waals surface area contributed by atoms with Gasteiger partial charge in [0.2, 0.25) is 5.91 Å². The Balaban J connectivity index is 2.66. The van der Waals surface area contributed by atoms with Crippen LogP contribution in [0.5, 0.6) is 0 Å². The van der Waals surface area contributed by atoms with Crippen molar-refractivity contribution in [3.05, 3.63) is 32.8 Å². The standard InChI is InChI=1S/C12H15ClN2O5/c1-8-5-11(15(17)18)9(13)6-10(8)14-12(16)7-20-4-3-19-2/h5-6H,3-4,7H2,1-2H3,(H,14,16). The number of anilines is 1. The number of halogens is 1. The molecule has 0 radical (unpaired) electrons. The SMILES string of the molecule is COCCOCC(=O)Nc1cc(Cl)c([N+](=O)[O-])cc1C. The van der Waals surface area contributed by atoms with E-state index in [9.17, 15) is 14.9 Å². The van der Waals surface area contributed by atoms with Gasteiger partial charge < -0.3 is 14.8 Å². The minimum absolute atomic E-state index is 0.0313. The van der Waals surface area contributed by atoms with Gasteiger partial charge in [-0.25, -0.2) is 0 Å². The quantitative estimate of drug-likeness (QED) is 0.473. The molecule has 0 saturated heterocycles. The first-order valence-corrected chi connectivity index (χ1v) is 6.14. The molecule has 0 aromatic heterocycles. The Kier molecular flexibility index (Phi) is 6.37. The maximum Gasteiger partial charge on any atom is 0.288 e. The molecule has 0 aliphatic carbocycles. The number of carbonyl (C=O) groups excluding carboxylic acids is 1. The summed E-state index contributed by atoms with van der Waals surface area (Å²) in [5, 5.41) is 13.3. The Labute approximate surface area is 121 Å². The van der Waals surface area contributed by atoms with Gasteiger partial charge in [0.05, 0.1) is 18.1 Å². The number of hydrogen-bond donors (Lipinski definition) is 1. The van der Waals surface area contributed by atoms with Crippen LogP contribution in [0.1, 0.15) is 5.56 Å². The lowest BCUT2D eigenvalue weighted by Gasteiger charge is -2.09. The molecule has 0 fully saturated rings. The van der Waals surface area contributed by atoms with Crippen LogP contribution in [0.2, 0.25) is 5.02 Å². The monoisotopic (exact) mass is 302 g/mol. The number of aryl methyl sites for hydroxylation is 1. The molecule has 20 heavy (non-hydrogen) atoms. The van der Waals surface area contributed by atoms with Gasteiger partial charge in [-0.3, -0.25) is 14.9 Å². The summed E-state index contributed by atoms with van der Waals surface area (Å²) in [7, 11) is 1.53. The average Bonchev–Trinajstić information content (AvgIpc) is 2.38. The van der Waals surface area contributed by atoms with Gasteiger partial charge >= 0.3 is 0 Å². The first-order valence-electron chi connectivity index (χ1n) is 5.76. The van der Waals surface area contributed by atoms with Crippen molar-refractivity contribution in [1.82, 2.24) is 0 Å². The van der Waals surface area contributed by atoms with E-state index in [1.807, 2.05) is 0 Å². The Morgan fingerprint density at radius 2 is 2.15 bits per heavy atom. The Bertz CT molecular complexity index is 507. The number of hydrogen-bond acceptors (Lipinski definition) is 5. The number of nitrogens with one attached hydrogen (secondary N) is 1. The largest absolute Gasteiger partial charge is 0.382 e. The molecule has 0 heterocycles. The third-order valence-electron chi connectivity index (χ3n) is 2.43. The van der Waals surface area contributed by atoms with Gasteiger partial charge in [-0.1, -0.05) is 11.6 Å². The average molecular weight is 303 g/mol. The Hall–Kier alpha value is -1.70. The molecule has 8 heteroatoms. The van der Waals surface area contributed by atoms with Gasteiger partial charge in [-0.05, 0) is 18.6 Å². The zero-order valence-corrected chi connectivity index (χ0v) is 11.9. The van der Waals surface area contributed by atoms with Crippen LogP contribution in [-0.2, 0) is 14.3 Å². The number of methoxy groups -OCH3 is 1. The number of nitrogens with zero attached hydrogens (tertiary/aromatic N) is 1. The van der Waals surface area contributed by atoms with E-state index in [2.05, 4.69) is 5.32 Å². The topological polar surface area (TPSA) is 90.7 Å². The van der Waals surface area contributed by atoms with E-state index in [0.717, 1.165) is 0 Å². The van der Waals surface area contributed by atoms with Crippen LogP contribution < -0.4 is 5.32 Å². The highest BCUT2D eigenvalue weighted by Gasteiger charge is 2.16. The zero-order chi connectivity index (χ0) is 15.1. The summed E-state index contributed by atoms with van der Waals surface area (Å²) in [6.07, 6.45) is 0. The lowest BCUT2D eigenvalue weighted by molar-refractivity contribution is -0.384. The summed E-state index contributed by atoms with van der Waals surface area (Å²) < 4.78 is 9.84. The van der Waals surface area contributed by atoms with E-state index in [1.165, 1.54) is 19.2 Å². The molecule has 0 unspecified atom stereocenters. The van der Waals surface area contributed by atoms with Gasteiger partial charge in [0, 0.05) is 18.9 Å². The minimum atomic E-state index is -0.575. The van der Waals surface area contributed by atoms with Gasteiger partial charge in [0.25, 0.3) is 5.69 Å². The fourth-order valence-electron chi connectivity index (χ4n) is 1.43. The van der Waals surface area contributed by atoms with E-state index in [-0.39, 0.29) is 23.2 Å². The second-order valence-corrected chi connectivity index (χ2v) is 4.38. The molecule has 0 atom stereocenters. The number of amides is 1. The number of nitro benzene ring substituents is 1. The van der Waals surface area contributed by atoms with Crippen molar-refractivity contribution >= 4 is 28.9 Å². The first kappa shape index (κ1) is 16.4. The maximum atomic E-state index is 11.6. The lowest BCUT2D eigenvalue weighted by Crippen LogP contribution is -2.20. The summed E-state index contributed by atoms with van der Waals surface area (Å²) in [6, 6.07) is 2.66. The second-order valence-electron chi connectivity index (χ2n) is 3.97. The number of ether oxygens (including phenoxy) is 2. The molecule has 1 aromatic carbocycles. The van der Waals surface area contributed by atoms with Crippen LogP contribution in [0.25, 0.3) is 0 Å². The number of nitro groups is 1. The zero-order valence-electron chi connectivity index (χ0n) is 11.1. The molecule has 1 amide bonds. The van der Waals surface area contributed by atoms with Crippen molar-refractivity contribution in [3.63, 3.8) is 0 Å². The van der Waals surface area contributed by atoms with Crippen LogP contribution >= 0.6 is 11.6 Å². The Morgan fingerprint density at radius 1 is 1.45 bits per heavy atom. The summed E-state index contributed by atoms with van der Waals surface area (Å²) in [5.74, 6) is -0.367. The minimum Gasteiger partial charge on any atom is -0.382 e.